The number of benzene rings is 2. The molecule has 3 N–H and O–H groups in total. The second-order valence-corrected chi connectivity index (χ2v) is 9.26. The molecular formula is C16H22K3O7PS. The van der Waals surface area contributed by atoms with Crippen LogP contribution in [0.3, 0.4) is 0 Å². The molecule has 0 heterocycles. The molecule has 0 spiro atoms. The van der Waals surface area contributed by atoms with Gasteiger partial charge in [-0.1, -0.05) is 30.3 Å². The zero-order valence-corrected chi connectivity index (χ0v) is 14.9. The molecule has 0 saturated heterocycles. The first-order valence-electron chi connectivity index (χ1n) is 7.49. The van der Waals surface area contributed by atoms with Crippen LogP contribution in [-0.4, -0.2) is 182 Å². The summed E-state index contributed by atoms with van der Waals surface area (Å²) in [6.07, 6.45) is 0.231. The maximum absolute atomic E-state index is 11.2. The van der Waals surface area contributed by atoms with Crippen molar-refractivity contribution < 1.29 is 32.1 Å². The summed E-state index contributed by atoms with van der Waals surface area (Å²) < 4.78 is 48.1. The monoisotopic (exact) mass is 506 g/mol. The molecule has 7 nitrogen and oxygen atoms in total. The summed E-state index contributed by atoms with van der Waals surface area (Å²) in [5, 5.41) is 0. The number of rotatable bonds is 8. The molecule has 0 fully saturated rings. The number of para-hydroxylation sites is 1. The molecule has 0 aliphatic heterocycles. The first-order valence-corrected chi connectivity index (χ1v) is 10.7. The van der Waals surface area contributed by atoms with Gasteiger partial charge in [0.1, 0.15) is 11.5 Å². The van der Waals surface area contributed by atoms with E-state index in [1.807, 2.05) is 30.3 Å². The standard InChI is InChI=1S/C16H19O7PS.3K.3H/c17-24(18,19)16(25(20,21)22)11-5-7-13-6-4-10-15(12-13)23-14-8-2-1-3-9-14;;;;;;/h1-4,6,8-10,12,16H,5,7,11H2,(H2,17,18,19)(H,20,21,22);;;;;;/t16-;;;;;;/m1....../s1. The zero-order valence-electron chi connectivity index (χ0n) is 13.2. The molecule has 0 saturated carbocycles. The molecule has 12 heteroatoms. The minimum atomic E-state index is -4.94. The molecule has 1 atom stereocenters. The van der Waals surface area contributed by atoms with Gasteiger partial charge in [-0.15, -0.1) is 0 Å². The van der Waals surface area contributed by atoms with Crippen molar-refractivity contribution in [3.63, 3.8) is 0 Å². The van der Waals surface area contributed by atoms with E-state index < -0.39 is 22.7 Å². The number of hydrogen-bond acceptors (Lipinski definition) is 4. The second-order valence-electron chi connectivity index (χ2n) is 5.51. The molecular weight excluding hydrogens is 485 g/mol. The van der Waals surface area contributed by atoms with Gasteiger partial charge < -0.3 is 14.5 Å². The minimum absolute atomic E-state index is 0. The fraction of sp³-hybridized carbons (Fsp3) is 0.250. The van der Waals surface area contributed by atoms with Gasteiger partial charge in [0.25, 0.3) is 10.1 Å². The summed E-state index contributed by atoms with van der Waals surface area (Å²) in [5.74, 6) is 1.28. The predicted molar refractivity (Wildman–Crippen MR) is 115 cm³/mol. The summed E-state index contributed by atoms with van der Waals surface area (Å²) in [6.45, 7) is 0. The fourth-order valence-electron chi connectivity index (χ4n) is 2.36. The Labute approximate surface area is 293 Å². The first-order chi connectivity index (χ1) is 11.7. The van der Waals surface area contributed by atoms with Crippen LogP contribution in [0.4, 0.5) is 0 Å². The molecule has 0 unspecified atom stereocenters. The van der Waals surface area contributed by atoms with Crippen LogP contribution in [0, 0.1) is 0 Å². The van der Waals surface area contributed by atoms with Crippen LogP contribution in [0.5, 0.6) is 11.5 Å². The third-order valence-electron chi connectivity index (χ3n) is 3.51. The Kier molecular flexibility index (Phi) is 19.0. The summed E-state index contributed by atoms with van der Waals surface area (Å²) in [4.78, 5) is 16.0. The second kappa shape index (κ2) is 15.9. The third kappa shape index (κ3) is 12.4. The average molecular weight is 507 g/mol. The van der Waals surface area contributed by atoms with Crippen molar-refractivity contribution >= 4 is 172 Å². The normalized spacial score (nSPS) is 12.0. The van der Waals surface area contributed by atoms with Gasteiger partial charge in [-0.2, -0.15) is 8.42 Å². The van der Waals surface area contributed by atoms with Crippen molar-refractivity contribution in [3.8, 4) is 11.5 Å². The topological polar surface area (TPSA) is 121 Å². The van der Waals surface area contributed by atoms with E-state index in [4.69, 9.17) is 19.1 Å². The van der Waals surface area contributed by atoms with Crippen LogP contribution in [0.1, 0.15) is 18.4 Å². The molecule has 0 aliphatic rings. The summed E-state index contributed by atoms with van der Waals surface area (Å²) in [6, 6.07) is 16.3. The van der Waals surface area contributed by atoms with Gasteiger partial charge in [-0.05, 0) is 49.1 Å². The number of aryl methyl sites for hydroxylation is 1. The van der Waals surface area contributed by atoms with Gasteiger partial charge >= 0.3 is 162 Å². The average Bonchev–Trinajstić information content (AvgIpc) is 2.50. The van der Waals surface area contributed by atoms with Crippen molar-refractivity contribution in [1.29, 1.82) is 0 Å². The van der Waals surface area contributed by atoms with Crippen molar-refractivity contribution in [2.45, 2.75) is 24.3 Å². The van der Waals surface area contributed by atoms with Crippen LogP contribution in [0.25, 0.3) is 0 Å². The maximum atomic E-state index is 11.2. The van der Waals surface area contributed by atoms with E-state index in [2.05, 4.69) is 0 Å². The van der Waals surface area contributed by atoms with E-state index >= 15 is 0 Å². The number of ether oxygens (including phenoxy) is 1. The van der Waals surface area contributed by atoms with Gasteiger partial charge in [-0.25, -0.2) is 0 Å². The van der Waals surface area contributed by atoms with E-state index in [1.165, 1.54) is 0 Å². The molecule has 0 amide bonds. The molecule has 142 valence electrons. The van der Waals surface area contributed by atoms with Crippen LogP contribution in [-0.2, 0) is 21.1 Å². The molecule has 28 heavy (non-hydrogen) atoms. The zero-order chi connectivity index (χ0) is 18.5. The predicted octanol–water partition coefficient (Wildman–Crippen LogP) is 1.25. The summed E-state index contributed by atoms with van der Waals surface area (Å²) in [5.41, 5.74) is 0.827. The van der Waals surface area contributed by atoms with Gasteiger partial charge in [0, 0.05) is 0 Å². The Morgan fingerprint density at radius 2 is 1.50 bits per heavy atom. The molecule has 2 aromatic carbocycles. The van der Waals surface area contributed by atoms with Gasteiger partial charge in [0.05, 0.1) is 0 Å². The molecule has 2 rings (SSSR count). The van der Waals surface area contributed by atoms with Crippen LogP contribution in [0.15, 0.2) is 54.6 Å². The van der Waals surface area contributed by atoms with E-state index in [1.54, 1.807) is 24.3 Å². The van der Waals surface area contributed by atoms with E-state index in [-0.39, 0.29) is 167 Å². The molecule has 0 aromatic heterocycles. The van der Waals surface area contributed by atoms with Crippen molar-refractivity contribution in [3.05, 3.63) is 60.2 Å². The van der Waals surface area contributed by atoms with E-state index in [0.717, 1.165) is 5.56 Å². The Hall–Kier alpha value is 3.21. The Morgan fingerprint density at radius 3 is 2.04 bits per heavy atom. The Balaban J connectivity index is 0. The quantitative estimate of drug-likeness (QED) is 0.280. The molecule has 0 bridgehead atoms. The first kappa shape index (κ1) is 33.4. The van der Waals surface area contributed by atoms with Crippen molar-refractivity contribution in [2.24, 2.45) is 0 Å². The third-order valence-corrected chi connectivity index (χ3v) is 7.07. The summed E-state index contributed by atoms with van der Waals surface area (Å²) in [7, 11) is -9.75. The van der Waals surface area contributed by atoms with Gasteiger partial charge in [0.15, 0.2) is 4.99 Å². The van der Waals surface area contributed by atoms with Gasteiger partial charge in [0.2, 0.25) is 0 Å². The Bertz CT molecular complexity index is 860. The van der Waals surface area contributed by atoms with Crippen LogP contribution >= 0.6 is 7.60 Å². The summed E-state index contributed by atoms with van der Waals surface area (Å²) >= 11 is 0. The van der Waals surface area contributed by atoms with Gasteiger partial charge in [-0.3, -0.25) is 9.12 Å². The van der Waals surface area contributed by atoms with Crippen LogP contribution in [0.2, 0.25) is 0 Å². The van der Waals surface area contributed by atoms with Crippen LogP contribution < -0.4 is 4.74 Å². The molecule has 0 radical (unpaired) electrons. The fourth-order valence-corrected chi connectivity index (χ4v) is 4.73. The van der Waals surface area contributed by atoms with Crippen molar-refractivity contribution in [1.82, 2.24) is 0 Å². The molecule has 2 aromatic rings. The molecule has 0 aliphatic carbocycles. The SMILES string of the molecule is O=P(O)(O)[C@@H](CCCc1cccc(Oc2ccccc2)c1)S(=O)(=O)O.[KH].[KH].[KH]. The van der Waals surface area contributed by atoms with E-state index in [9.17, 15) is 13.0 Å². The van der Waals surface area contributed by atoms with E-state index in [0.29, 0.717) is 17.9 Å². The Morgan fingerprint density at radius 1 is 0.929 bits per heavy atom. The van der Waals surface area contributed by atoms with Crippen molar-refractivity contribution in [2.75, 3.05) is 0 Å². The number of hydrogen-bond donors (Lipinski definition) is 3.